The van der Waals surface area contributed by atoms with E-state index >= 15 is 0 Å². The average molecular weight is 289 g/mol. The molecule has 1 fully saturated rings. The first-order valence-corrected chi connectivity index (χ1v) is 5.72. The van der Waals surface area contributed by atoms with E-state index in [1.807, 2.05) is 0 Å². The van der Waals surface area contributed by atoms with Crippen LogP contribution in [0.1, 0.15) is 12.8 Å². The van der Waals surface area contributed by atoms with E-state index in [2.05, 4.69) is 4.18 Å². The van der Waals surface area contributed by atoms with E-state index in [4.69, 9.17) is 11.6 Å². The largest absolute Gasteiger partial charge is 0.420 e. The van der Waals surface area contributed by atoms with Crippen molar-refractivity contribution in [2.24, 2.45) is 0 Å². The van der Waals surface area contributed by atoms with Gasteiger partial charge in [0.05, 0.1) is 13.1 Å². The maximum absolute atomic E-state index is 13.4. The molecule has 2 atom stereocenters. The van der Waals surface area contributed by atoms with Crippen LogP contribution in [0.2, 0.25) is 0 Å². The zero-order valence-corrected chi connectivity index (χ0v) is 9.09. The number of hydrogen-bond acceptors (Lipinski definition) is 3. The van der Waals surface area contributed by atoms with Crippen LogP contribution in [0.3, 0.4) is 0 Å². The summed E-state index contributed by atoms with van der Waals surface area (Å²) < 4.78 is 87.6. The predicted molar refractivity (Wildman–Crippen MR) is 43.7 cm³/mol. The van der Waals surface area contributed by atoms with Gasteiger partial charge in [-0.25, -0.2) is 8.78 Å². The molecule has 2 unspecified atom stereocenters. The van der Waals surface area contributed by atoms with Crippen LogP contribution in [0.4, 0.5) is 22.0 Å². The average Bonchev–Trinajstić information content (AvgIpc) is 1.99. The molecule has 3 nitrogen and oxygen atoms in total. The minimum absolute atomic E-state index is 1.11. The van der Waals surface area contributed by atoms with Gasteiger partial charge >= 0.3 is 21.2 Å². The molecule has 0 aromatic heterocycles. The highest BCUT2D eigenvalue weighted by atomic mass is 35.5. The molecule has 0 N–H and O–H groups in total. The van der Waals surface area contributed by atoms with Crippen LogP contribution >= 0.6 is 11.6 Å². The standard InChI is InChI=1S/C6H6ClF5O3S/c7-4(9,1-2-8)3-5(10)6(11,12)15-16(5,13)14/h1-3H2. The molecule has 96 valence electrons. The number of halogens is 6. The molecule has 0 radical (unpaired) electrons. The van der Waals surface area contributed by atoms with Crippen LogP contribution < -0.4 is 0 Å². The fourth-order valence-corrected chi connectivity index (χ4v) is 2.62. The fraction of sp³-hybridized carbons (Fsp3) is 1.00. The fourth-order valence-electron chi connectivity index (χ4n) is 1.13. The Labute approximate surface area is 92.6 Å². The SMILES string of the molecule is O=S1(=O)OC(F)(F)C1(F)CC(F)(Cl)CCF. The van der Waals surface area contributed by atoms with Crippen molar-refractivity contribution < 1.29 is 34.6 Å². The lowest BCUT2D eigenvalue weighted by Gasteiger charge is -2.41. The second kappa shape index (κ2) is 3.67. The maximum Gasteiger partial charge on any atom is 0.420 e. The Kier molecular flexibility index (Phi) is 3.19. The summed E-state index contributed by atoms with van der Waals surface area (Å²) in [6.45, 7) is -1.34. The van der Waals surface area contributed by atoms with Crippen molar-refractivity contribution in [1.82, 2.24) is 0 Å². The molecule has 0 aromatic rings. The van der Waals surface area contributed by atoms with Crippen molar-refractivity contribution in [3.05, 3.63) is 0 Å². The minimum atomic E-state index is -5.24. The van der Waals surface area contributed by atoms with Crippen molar-refractivity contribution in [1.29, 1.82) is 0 Å². The van der Waals surface area contributed by atoms with Gasteiger partial charge in [0.25, 0.3) is 0 Å². The van der Waals surface area contributed by atoms with E-state index in [-0.39, 0.29) is 0 Å². The number of alkyl halides is 6. The molecular weight excluding hydrogens is 283 g/mol. The monoisotopic (exact) mass is 288 g/mol. The van der Waals surface area contributed by atoms with E-state index in [1.54, 1.807) is 0 Å². The van der Waals surface area contributed by atoms with Crippen molar-refractivity contribution in [2.45, 2.75) is 29.1 Å². The highest BCUT2D eigenvalue weighted by molar-refractivity contribution is 7.89. The summed E-state index contributed by atoms with van der Waals surface area (Å²) in [5.41, 5.74) is 0. The van der Waals surface area contributed by atoms with E-state index in [0.717, 1.165) is 0 Å². The van der Waals surface area contributed by atoms with Crippen LogP contribution in [0.15, 0.2) is 0 Å². The zero-order valence-electron chi connectivity index (χ0n) is 7.52. The lowest BCUT2D eigenvalue weighted by Crippen LogP contribution is -2.65. The van der Waals surface area contributed by atoms with Crippen molar-refractivity contribution in [3.8, 4) is 0 Å². The lowest BCUT2D eigenvalue weighted by molar-refractivity contribution is -0.281. The molecule has 10 heteroatoms. The van der Waals surface area contributed by atoms with Gasteiger partial charge in [0, 0.05) is 6.42 Å². The van der Waals surface area contributed by atoms with Gasteiger partial charge in [-0.1, -0.05) is 11.6 Å². The number of hydrogen-bond donors (Lipinski definition) is 0. The molecular formula is C6H6ClF5O3S. The normalized spacial score (nSPS) is 35.1. The van der Waals surface area contributed by atoms with Gasteiger partial charge in [-0.3, -0.25) is 4.39 Å². The van der Waals surface area contributed by atoms with Crippen molar-refractivity contribution in [2.75, 3.05) is 6.67 Å². The Morgan fingerprint density at radius 1 is 1.31 bits per heavy atom. The summed E-state index contributed by atoms with van der Waals surface area (Å²) in [5.74, 6) is 0. The molecule has 0 saturated carbocycles. The molecule has 0 aromatic carbocycles. The third-order valence-corrected chi connectivity index (χ3v) is 3.92. The molecule has 1 heterocycles. The van der Waals surface area contributed by atoms with Crippen LogP contribution in [-0.2, 0) is 14.3 Å². The summed E-state index contributed by atoms with van der Waals surface area (Å²) >= 11 is 4.89. The third kappa shape index (κ3) is 2.00. The second-order valence-electron chi connectivity index (χ2n) is 3.25. The quantitative estimate of drug-likeness (QED) is 0.453. The minimum Gasteiger partial charge on any atom is -0.251 e. The van der Waals surface area contributed by atoms with Gasteiger partial charge in [-0.05, 0) is 0 Å². The lowest BCUT2D eigenvalue weighted by atomic mass is 10.1. The molecule has 1 aliphatic heterocycles. The van der Waals surface area contributed by atoms with Crippen LogP contribution in [0.25, 0.3) is 0 Å². The highest BCUT2D eigenvalue weighted by Crippen LogP contribution is 2.55. The Morgan fingerprint density at radius 2 is 1.81 bits per heavy atom. The first-order valence-electron chi connectivity index (χ1n) is 3.93. The van der Waals surface area contributed by atoms with Gasteiger partial charge in [0.1, 0.15) is 0 Å². The summed E-state index contributed by atoms with van der Waals surface area (Å²) in [4.78, 5) is 0. The van der Waals surface area contributed by atoms with Gasteiger partial charge in [-0.2, -0.15) is 21.4 Å². The van der Waals surface area contributed by atoms with E-state index < -0.39 is 45.9 Å². The summed E-state index contributed by atoms with van der Waals surface area (Å²) in [7, 11) is -5.24. The van der Waals surface area contributed by atoms with E-state index in [0.29, 0.717) is 0 Å². The molecule has 0 amide bonds. The van der Waals surface area contributed by atoms with Gasteiger partial charge in [0.2, 0.25) is 0 Å². The Balaban J connectivity index is 2.94. The molecule has 0 bridgehead atoms. The molecule has 0 spiro atoms. The van der Waals surface area contributed by atoms with Crippen molar-refractivity contribution >= 4 is 21.7 Å². The summed E-state index contributed by atoms with van der Waals surface area (Å²) in [5, 5.41) is -7.48. The first-order chi connectivity index (χ1) is 6.97. The van der Waals surface area contributed by atoms with E-state index in [9.17, 15) is 30.4 Å². The van der Waals surface area contributed by atoms with Gasteiger partial charge < -0.3 is 0 Å². The van der Waals surface area contributed by atoms with Crippen LogP contribution in [0.5, 0.6) is 0 Å². The third-order valence-electron chi connectivity index (χ3n) is 1.99. The Morgan fingerprint density at radius 3 is 2.12 bits per heavy atom. The first kappa shape index (κ1) is 13.9. The molecule has 1 saturated heterocycles. The highest BCUT2D eigenvalue weighted by Gasteiger charge is 2.79. The Hall–Kier alpha value is -0.150. The number of rotatable bonds is 4. The van der Waals surface area contributed by atoms with Gasteiger partial charge in [-0.15, -0.1) is 0 Å². The predicted octanol–water partition coefficient (Wildman–Crippen LogP) is 2.26. The maximum atomic E-state index is 13.4. The topological polar surface area (TPSA) is 43.4 Å². The van der Waals surface area contributed by atoms with Crippen LogP contribution in [0, 0.1) is 0 Å². The zero-order chi connectivity index (χ0) is 12.8. The molecule has 16 heavy (non-hydrogen) atoms. The Bertz CT molecular complexity index is 384. The van der Waals surface area contributed by atoms with E-state index in [1.165, 1.54) is 0 Å². The smallest absolute Gasteiger partial charge is 0.251 e. The molecule has 0 aliphatic carbocycles. The molecule has 1 aliphatic rings. The van der Waals surface area contributed by atoms with Crippen LogP contribution in [-0.4, -0.2) is 31.3 Å². The van der Waals surface area contributed by atoms with Gasteiger partial charge in [0.15, 0.2) is 5.13 Å². The summed E-state index contributed by atoms with van der Waals surface area (Å²) in [6.07, 6.45) is -7.69. The van der Waals surface area contributed by atoms with Crippen molar-refractivity contribution in [3.63, 3.8) is 0 Å². The summed E-state index contributed by atoms with van der Waals surface area (Å²) in [6, 6.07) is 0. The molecule has 1 rings (SSSR count). The second-order valence-corrected chi connectivity index (χ2v) is 5.65.